The van der Waals surface area contributed by atoms with Crippen LogP contribution in [0.1, 0.15) is 25.7 Å². The summed E-state index contributed by atoms with van der Waals surface area (Å²) >= 11 is 0. The van der Waals surface area contributed by atoms with Gasteiger partial charge in [-0.1, -0.05) is 0 Å². The van der Waals surface area contributed by atoms with E-state index in [0.29, 0.717) is 25.1 Å². The van der Waals surface area contributed by atoms with Gasteiger partial charge >= 0.3 is 6.03 Å². The summed E-state index contributed by atoms with van der Waals surface area (Å²) in [6.45, 7) is 1.48. The molecule has 25 heavy (non-hydrogen) atoms. The molecule has 0 unspecified atom stereocenters. The number of rotatable bonds is 3. The number of nitrogens with zero attached hydrogens (tertiary/aromatic N) is 3. The molecule has 4 amide bonds. The molecule has 1 aromatic rings. The number of urea groups is 1. The number of primary amides is 1. The van der Waals surface area contributed by atoms with Gasteiger partial charge in [0.1, 0.15) is 5.54 Å². The van der Waals surface area contributed by atoms with Crippen molar-refractivity contribution in [1.82, 2.24) is 4.90 Å². The zero-order valence-electron chi connectivity index (χ0n) is 14.0. The fourth-order valence-corrected chi connectivity index (χ4v) is 4.02. The van der Waals surface area contributed by atoms with Gasteiger partial charge in [-0.3, -0.25) is 14.5 Å². The number of hydrogen-bond acceptors (Lipinski definition) is 3. The predicted octanol–water partition coefficient (Wildman–Crippen LogP) is 1.28. The van der Waals surface area contributed by atoms with Gasteiger partial charge in [0.2, 0.25) is 11.8 Å². The standard InChI is InChI=1S/C18H21N4O3/c19-16(24)18-9-3-11-22(18)17(25)21(12-18)14-7-5-13(6-8-14)20-10-2-1-4-15(20)23/h5-9H,1-4,10-12H2,(H2,19,24)/t18-/m1/s1. The number of anilines is 2. The maximum atomic E-state index is 12.7. The fraction of sp³-hybridized carbons (Fsp3) is 0.444. The van der Waals surface area contributed by atoms with E-state index in [-0.39, 0.29) is 18.5 Å². The van der Waals surface area contributed by atoms with Crippen molar-refractivity contribution in [3.05, 3.63) is 30.7 Å². The predicted molar refractivity (Wildman–Crippen MR) is 92.9 cm³/mol. The molecule has 1 atom stereocenters. The monoisotopic (exact) mass is 341 g/mol. The van der Waals surface area contributed by atoms with Gasteiger partial charge < -0.3 is 15.5 Å². The largest absolute Gasteiger partial charge is 0.368 e. The fourth-order valence-electron chi connectivity index (χ4n) is 4.02. The van der Waals surface area contributed by atoms with Gasteiger partial charge in [-0.15, -0.1) is 0 Å². The molecule has 0 spiro atoms. The van der Waals surface area contributed by atoms with Crippen LogP contribution in [0.15, 0.2) is 24.3 Å². The molecule has 0 bridgehead atoms. The minimum absolute atomic E-state index is 0.138. The first-order chi connectivity index (χ1) is 12.0. The van der Waals surface area contributed by atoms with Crippen LogP contribution in [0.4, 0.5) is 16.2 Å². The number of hydrogen-bond donors (Lipinski definition) is 1. The summed E-state index contributed by atoms with van der Waals surface area (Å²) in [5.41, 5.74) is 6.13. The Bertz CT molecular complexity index is 732. The molecule has 131 valence electrons. The Morgan fingerprint density at radius 1 is 1.00 bits per heavy atom. The van der Waals surface area contributed by atoms with E-state index in [1.807, 2.05) is 30.7 Å². The second kappa shape index (κ2) is 5.75. The molecule has 7 nitrogen and oxygen atoms in total. The van der Waals surface area contributed by atoms with Crippen LogP contribution in [0, 0.1) is 6.42 Å². The van der Waals surface area contributed by atoms with Crippen LogP contribution in [0.25, 0.3) is 0 Å². The van der Waals surface area contributed by atoms with Gasteiger partial charge in [-0.2, -0.15) is 0 Å². The third kappa shape index (κ3) is 2.37. The zero-order valence-corrected chi connectivity index (χ0v) is 14.0. The van der Waals surface area contributed by atoms with Gasteiger partial charge in [0, 0.05) is 37.3 Å². The zero-order chi connectivity index (χ0) is 17.6. The van der Waals surface area contributed by atoms with Crippen molar-refractivity contribution in [1.29, 1.82) is 0 Å². The van der Waals surface area contributed by atoms with Crippen LogP contribution in [0.5, 0.6) is 0 Å². The average Bonchev–Trinajstić information content (AvgIpc) is 3.15. The van der Waals surface area contributed by atoms with Crippen molar-refractivity contribution in [2.24, 2.45) is 5.73 Å². The molecule has 1 aromatic carbocycles. The quantitative estimate of drug-likeness (QED) is 0.898. The first-order valence-corrected chi connectivity index (χ1v) is 8.67. The Kier molecular flexibility index (Phi) is 3.67. The second-order valence-corrected chi connectivity index (χ2v) is 6.82. The second-order valence-electron chi connectivity index (χ2n) is 6.82. The van der Waals surface area contributed by atoms with E-state index in [0.717, 1.165) is 25.1 Å². The van der Waals surface area contributed by atoms with Gasteiger partial charge in [0.15, 0.2) is 0 Å². The molecule has 4 rings (SSSR count). The summed E-state index contributed by atoms with van der Waals surface area (Å²) in [5, 5.41) is 0. The molecular weight excluding hydrogens is 320 g/mol. The van der Waals surface area contributed by atoms with Gasteiger partial charge in [0.25, 0.3) is 0 Å². The minimum Gasteiger partial charge on any atom is -0.368 e. The Morgan fingerprint density at radius 2 is 1.68 bits per heavy atom. The summed E-state index contributed by atoms with van der Waals surface area (Å²) in [4.78, 5) is 41.6. The molecule has 3 aliphatic rings. The van der Waals surface area contributed by atoms with Gasteiger partial charge in [-0.05, 0) is 43.5 Å². The average molecular weight is 341 g/mol. The Hall–Kier alpha value is -2.57. The molecule has 1 radical (unpaired) electrons. The molecule has 7 heteroatoms. The van der Waals surface area contributed by atoms with Crippen LogP contribution in [-0.4, -0.2) is 47.9 Å². The lowest BCUT2D eigenvalue weighted by Crippen LogP contribution is -2.53. The summed E-state index contributed by atoms with van der Waals surface area (Å²) in [6, 6.07) is 7.17. The van der Waals surface area contributed by atoms with Gasteiger partial charge in [-0.25, -0.2) is 4.79 Å². The lowest BCUT2D eigenvalue weighted by molar-refractivity contribution is -0.124. The first-order valence-electron chi connectivity index (χ1n) is 8.67. The Labute approximate surface area is 146 Å². The van der Waals surface area contributed by atoms with Crippen molar-refractivity contribution in [2.75, 3.05) is 29.4 Å². The van der Waals surface area contributed by atoms with Crippen molar-refractivity contribution >= 4 is 29.2 Å². The van der Waals surface area contributed by atoms with E-state index in [1.165, 1.54) is 0 Å². The molecule has 0 aromatic heterocycles. The van der Waals surface area contributed by atoms with Crippen LogP contribution >= 0.6 is 0 Å². The number of benzene rings is 1. The molecule has 2 N–H and O–H groups in total. The van der Waals surface area contributed by atoms with Crippen molar-refractivity contribution < 1.29 is 14.4 Å². The van der Waals surface area contributed by atoms with Crippen LogP contribution in [-0.2, 0) is 9.59 Å². The van der Waals surface area contributed by atoms with E-state index >= 15 is 0 Å². The Morgan fingerprint density at radius 3 is 2.28 bits per heavy atom. The van der Waals surface area contributed by atoms with E-state index in [1.54, 1.807) is 14.7 Å². The third-order valence-corrected chi connectivity index (χ3v) is 5.40. The van der Waals surface area contributed by atoms with Gasteiger partial charge in [0.05, 0.1) is 6.54 Å². The van der Waals surface area contributed by atoms with E-state index in [2.05, 4.69) is 0 Å². The summed E-state index contributed by atoms with van der Waals surface area (Å²) in [6.07, 6.45) is 5.05. The summed E-state index contributed by atoms with van der Waals surface area (Å²) in [7, 11) is 0. The highest BCUT2D eigenvalue weighted by Crippen LogP contribution is 2.38. The normalized spacial score (nSPS) is 26.3. The summed E-state index contributed by atoms with van der Waals surface area (Å²) < 4.78 is 0. The molecule has 3 heterocycles. The van der Waals surface area contributed by atoms with Crippen LogP contribution in [0.3, 0.4) is 0 Å². The minimum atomic E-state index is -1.00. The number of amides is 4. The van der Waals surface area contributed by atoms with Crippen molar-refractivity contribution in [3.63, 3.8) is 0 Å². The van der Waals surface area contributed by atoms with E-state index < -0.39 is 11.4 Å². The van der Waals surface area contributed by atoms with Crippen molar-refractivity contribution in [2.45, 2.75) is 31.2 Å². The highest BCUT2D eigenvalue weighted by molar-refractivity contribution is 6.04. The molecule has 3 fully saturated rings. The highest BCUT2D eigenvalue weighted by atomic mass is 16.2. The first kappa shape index (κ1) is 15.9. The van der Waals surface area contributed by atoms with Crippen molar-refractivity contribution in [3.8, 4) is 0 Å². The maximum absolute atomic E-state index is 12.7. The third-order valence-electron chi connectivity index (χ3n) is 5.40. The van der Waals surface area contributed by atoms with Crippen LogP contribution < -0.4 is 15.5 Å². The number of carbonyl (C=O) groups is 3. The molecule has 0 aliphatic carbocycles. The highest BCUT2D eigenvalue weighted by Gasteiger charge is 2.56. The van der Waals surface area contributed by atoms with E-state index in [4.69, 9.17) is 5.73 Å². The van der Waals surface area contributed by atoms with Crippen LogP contribution in [0.2, 0.25) is 0 Å². The number of fused-ring (bicyclic) bond motifs is 1. The molecular formula is C18H21N4O3. The SMILES string of the molecule is NC(=O)[C@]12[CH]CCN1C(=O)N(c1ccc(N3CCCCC3=O)cc1)C2. The number of carbonyl (C=O) groups excluding carboxylic acids is 3. The smallest absolute Gasteiger partial charge is 0.325 e. The topological polar surface area (TPSA) is 86.9 Å². The lowest BCUT2D eigenvalue weighted by atomic mass is 9.96. The number of nitrogens with two attached hydrogens (primary N) is 1. The molecule has 0 saturated carbocycles. The number of piperidine rings is 1. The molecule has 3 aliphatic heterocycles. The Balaban J connectivity index is 1.58. The van der Waals surface area contributed by atoms with E-state index in [9.17, 15) is 14.4 Å². The molecule has 3 saturated heterocycles. The lowest BCUT2D eigenvalue weighted by Gasteiger charge is -2.27. The summed E-state index contributed by atoms with van der Waals surface area (Å²) in [5.74, 6) is -0.351. The maximum Gasteiger partial charge on any atom is 0.325 e.